The Labute approximate surface area is 110 Å². The molecular formula is C14H17F3O2. The van der Waals surface area contributed by atoms with Gasteiger partial charge in [-0.1, -0.05) is 12.5 Å². The minimum absolute atomic E-state index is 0.128. The normalized spacial score (nSPS) is 17.5. The van der Waals surface area contributed by atoms with Gasteiger partial charge in [-0.05, 0) is 43.4 Å². The summed E-state index contributed by atoms with van der Waals surface area (Å²) in [5, 5.41) is 8.93. The summed E-state index contributed by atoms with van der Waals surface area (Å²) in [6.07, 6.45) is 0.138. The van der Waals surface area contributed by atoms with Crippen LogP contribution in [0.4, 0.5) is 13.2 Å². The molecule has 1 fully saturated rings. The lowest BCUT2D eigenvalue weighted by atomic mass is 9.97. The van der Waals surface area contributed by atoms with Gasteiger partial charge in [0, 0.05) is 0 Å². The van der Waals surface area contributed by atoms with Gasteiger partial charge in [0.05, 0.1) is 18.3 Å². The summed E-state index contributed by atoms with van der Waals surface area (Å²) in [5.74, 6) is -0.128. The zero-order valence-electron chi connectivity index (χ0n) is 10.5. The van der Waals surface area contributed by atoms with Gasteiger partial charge in [0.1, 0.15) is 5.75 Å². The number of ether oxygens (including phenoxy) is 1. The van der Waals surface area contributed by atoms with Crippen molar-refractivity contribution in [3.63, 3.8) is 0 Å². The van der Waals surface area contributed by atoms with Crippen LogP contribution < -0.4 is 4.74 Å². The molecule has 2 nitrogen and oxygen atoms in total. The predicted octanol–water partition coefficient (Wildman–Crippen LogP) is 3.91. The van der Waals surface area contributed by atoms with Crippen LogP contribution in [0.15, 0.2) is 18.2 Å². The lowest BCUT2D eigenvalue weighted by molar-refractivity contribution is -0.139. The highest BCUT2D eigenvalue weighted by atomic mass is 19.4. The Morgan fingerprint density at radius 1 is 1.16 bits per heavy atom. The summed E-state index contributed by atoms with van der Waals surface area (Å²) in [6, 6.07) is 3.73. The van der Waals surface area contributed by atoms with Crippen LogP contribution in [0.1, 0.15) is 43.2 Å². The van der Waals surface area contributed by atoms with Crippen LogP contribution in [0.3, 0.4) is 0 Å². The van der Waals surface area contributed by atoms with Gasteiger partial charge in [0.25, 0.3) is 0 Å². The fraction of sp³-hybridized carbons (Fsp3) is 0.571. The third kappa shape index (κ3) is 3.62. The molecule has 2 rings (SSSR count). The van der Waals surface area contributed by atoms with E-state index in [-0.39, 0.29) is 17.4 Å². The molecule has 0 aliphatic heterocycles. The molecule has 0 radical (unpaired) electrons. The van der Waals surface area contributed by atoms with Crippen molar-refractivity contribution >= 4 is 0 Å². The number of halogens is 3. The SMILES string of the molecule is OCc1ccc(OC2CCCCC2)c(C(F)(F)F)c1. The zero-order chi connectivity index (χ0) is 13.9. The first-order valence-corrected chi connectivity index (χ1v) is 6.48. The number of hydrogen-bond acceptors (Lipinski definition) is 2. The van der Waals surface area contributed by atoms with Crippen molar-refractivity contribution < 1.29 is 23.0 Å². The van der Waals surface area contributed by atoms with Crippen molar-refractivity contribution in [1.82, 2.24) is 0 Å². The van der Waals surface area contributed by atoms with Crippen LogP contribution in [0.5, 0.6) is 5.75 Å². The smallest absolute Gasteiger partial charge is 0.419 e. The Morgan fingerprint density at radius 3 is 2.42 bits per heavy atom. The van der Waals surface area contributed by atoms with Crippen LogP contribution in [-0.2, 0) is 12.8 Å². The van der Waals surface area contributed by atoms with Crippen molar-refractivity contribution in [2.24, 2.45) is 0 Å². The van der Waals surface area contributed by atoms with E-state index in [1.165, 1.54) is 12.1 Å². The Morgan fingerprint density at radius 2 is 1.84 bits per heavy atom. The summed E-state index contributed by atoms with van der Waals surface area (Å²) in [6.45, 7) is -0.410. The van der Waals surface area contributed by atoms with E-state index in [2.05, 4.69) is 0 Å². The lowest BCUT2D eigenvalue weighted by Gasteiger charge is -2.25. The number of hydrogen-bond donors (Lipinski definition) is 1. The molecule has 0 heterocycles. The monoisotopic (exact) mass is 274 g/mol. The molecule has 0 bridgehead atoms. The summed E-state index contributed by atoms with van der Waals surface area (Å²) in [5.41, 5.74) is -0.562. The molecule has 5 heteroatoms. The van der Waals surface area contributed by atoms with Crippen molar-refractivity contribution in [2.75, 3.05) is 0 Å². The molecule has 1 aromatic carbocycles. The van der Waals surface area contributed by atoms with Gasteiger partial charge in [-0.15, -0.1) is 0 Å². The number of alkyl halides is 3. The van der Waals surface area contributed by atoms with Crippen LogP contribution in [0.2, 0.25) is 0 Å². The minimum Gasteiger partial charge on any atom is -0.490 e. The van der Waals surface area contributed by atoms with E-state index in [1.807, 2.05) is 0 Å². The second-order valence-electron chi connectivity index (χ2n) is 4.86. The van der Waals surface area contributed by atoms with E-state index in [0.717, 1.165) is 38.2 Å². The van der Waals surface area contributed by atoms with Crippen LogP contribution in [-0.4, -0.2) is 11.2 Å². The maximum absolute atomic E-state index is 13.0. The Kier molecular flexibility index (Phi) is 4.34. The van der Waals surface area contributed by atoms with E-state index >= 15 is 0 Å². The molecule has 19 heavy (non-hydrogen) atoms. The van der Waals surface area contributed by atoms with Gasteiger partial charge < -0.3 is 9.84 Å². The van der Waals surface area contributed by atoms with Gasteiger partial charge in [-0.25, -0.2) is 0 Å². The first kappa shape index (κ1) is 14.2. The Balaban J connectivity index is 2.23. The molecule has 0 spiro atoms. The topological polar surface area (TPSA) is 29.5 Å². The molecule has 0 atom stereocenters. The summed E-state index contributed by atoms with van der Waals surface area (Å²) >= 11 is 0. The average Bonchev–Trinajstić information content (AvgIpc) is 2.39. The Bertz CT molecular complexity index is 423. The fourth-order valence-electron chi connectivity index (χ4n) is 2.36. The largest absolute Gasteiger partial charge is 0.490 e. The van der Waals surface area contributed by atoms with E-state index in [4.69, 9.17) is 9.84 Å². The second-order valence-corrected chi connectivity index (χ2v) is 4.86. The molecule has 1 aliphatic rings. The molecule has 1 N–H and O–H groups in total. The van der Waals surface area contributed by atoms with Crippen molar-refractivity contribution in [2.45, 2.75) is 51.0 Å². The van der Waals surface area contributed by atoms with E-state index in [9.17, 15) is 13.2 Å². The van der Waals surface area contributed by atoms with Gasteiger partial charge >= 0.3 is 6.18 Å². The highest BCUT2D eigenvalue weighted by molar-refractivity contribution is 5.39. The highest BCUT2D eigenvalue weighted by Gasteiger charge is 2.35. The number of aliphatic hydroxyl groups is 1. The maximum Gasteiger partial charge on any atom is 0.419 e. The molecule has 1 aromatic rings. The maximum atomic E-state index is 13.0. The van der Waals surface area contributed by atoms with Crippen molar-refractivity contribution in [3.05, 3.63) is 29.3 Å². The van der Waals surface area contributed by atoms with E-state index < -0.39 is 18.3 Å². The highest BCUT2D eigenvalue weighted by Crippen LogP contribution is 2.38. The van der Waals surface area contributed by atoms with Crippen molar-refractivity contribution in [3.8, 4) is 5.75 Å². The van der Waals surface area contributed by atoms with Gasteiger partial charge in [-0.3, -0.25) is 0 Å². The van der Waals surface area contributed by atoms with Gasteiger partial charge in [-0.2, -0.15) is 13.2 Å². The van der Waals surface area contributed by atoms with Crippen molar-refractivity contribution in [1.29, 1.82) is 0 Å². The molecular weight excluding hydrogens is 257 g/mol. The summed E-state index contributed by atoms with van der Waals surface area (Å²) < 4.78 is 44.4. The minimum atomic E-state index is -4.46. The van der Waals surface area contributed by atoms with E-state index in [1.54, 1.807) is 0 Å². The number of aliphatic hydroxyl groups excluding tert-OH is 1. The predicted molar refractivity (Wildman–Crippen MR) is 64.9 cm³/mol. The first-order chi connectivity index (χ1) is 9.00. The second kappa shape index (κ2) is 5.82. The van der Waals surface area contributed by atoms with Gasteiger partial charge in [0.15, 0.2) is 0 Å². The molecule has 1 saturated carbocycles. The first-order valence-electron chi connectivity index (χ1n) is 6.48. The zero-order valence-corrected chi connectivity index (χ0v) is 10.5. The number of benzene rings is 1. The Hall–Kier alpha value is -1.23. The lowest BCUT2D eigenvalue weighted by Crippen LogP contribution is -2.21. The fourth-order valence-corrected chi connectivity index (χ4v) is 2.36. The quantitative estimate of drug-likeness (QED) is 0.905. The molecule has 0 aromatic heterocycles. The molecule has 0 saturated heterocycles. The summed E-state index contributed by atoms with van der Waals surface area (Å²) in [4.78, 5) is 0. The van der Waals surface area contributed by atoms with Crippen LogP contribution in [0, 0.1) is 0 Å². The standard InChI is InChI=1S/C14H17F3O2/c15-14(16,17)12-8-10(9-18)6-7-13(12)19-11-4-2-1-3-5-11/h6-8,11,18H,1-5,9H2. The van der Waals surface area contributed by atoms with Crippen LogP contribution >= 0.6 is 0 Å². The molecule has 0 unspecified atom stereocenters. The third-order valence-corrected chi connectivity index (χ3v) is 3.38. The van der Waals surface area contributed by atoms with Gasteiger partial charge in [0.2, 0.25) is 0 Å². The molecule has 1 aliphatic carbocycles. The third-order valence-electron chi connectivity index (χ3n) is 3.38. The molecule has 106 valence electrons. The molecule has 0 amide bonds. The average molecular weight is 274 g/mol. The summed E-state index contributed by atoms with van der Waals surface area (Å²) in [7, 11) is 0. The van der Waals surface area contributed by atoms with Crippen LogP contribution in [0.25, 0.3) is 0 Å². The number of rotatable bonds is 3. The van der Waals surface area contributed by atoms with E-state index in [0.29, 0.717) is 0 Å².